The molecule has 1 saturated heterocycles. The molecule has 0 amide bonds. The van der Waals surface area contributed by atoms with Crippen LogP contribution in [0.25, 0.3) is 0 Å². The molecule has 0 spiro atoms. The van der Waals surface area contributed by atoms with Crippen molar-refractivity contribution in [1.82, 2.24) is 5.32 Å². The lowest BCUT2D eigenvalue weighted by Gasteiger charge is -2.22. The van der Waals surface area contributed by atoms with Gasteiger partial charge in [0.2, 0.25) is 0 Å². The lowest BCUT2D eigenvalue weighted by molar-refractivity contribution is 0.0313. The summed E-state index contributed by atoms with van der Waals surface area (Å²) < 4.78 is 18.9. The van der Waals surface area contributed by atoms with E-state index in [0.29, 0.717) is 18.6 Å². The summed E-state index contributed by atoms with van der Waals surface area (Å²) in [5.41, 5.74) is 1.20. The Hall–Kier alpha value is -1.26. The molecule has 0 radical (unpaired) electrons. The fraction of sp³-hybridized carbons (Fsp3) is 0.533. The topological polar surface area (TPSA) is 38.3 Å². The van der Waals surface area contributed by atoms with Crippen molar-refractivity contribution >= 4 is 5.78 Å². The Labute approximate surface area is 113 Å². The second kappa shape index (κ2) is 6.78. The summed E-state index contributed by atoms with van der Waals surface area (Å²) in [5.74, 6) is -0.417. The normalized spacial score (nSPS) is 16.5. The van der Waals surface area contributed by atoms with Crippen molar-refractivity contribution in [2.45, 2.75) is 32.3 Å². The van der Waals surface area contributed by atoms with Crippen LogP contribution in [-0.4, -0.2) is 31.6 Å². The number of piperidine rings is 1. The van der Waals surface area contributed by atoms with Crippen LogP contribution in [0, 0.1) is 12.7 Å². The molecule has 3 nitrogen and oxygen atoms in total. The van der Waals surface area contributed by atoms with Gasteiger partial charge >= 0.3 is 0 Å². The van der Waals surface area contributed by atoms with Crippen LogP contribution in [0.3, 0.4) is 0 Å². The summed E-state index contributed by atoms with van der Waals surface area (Å²) in [6, 6.07) is 4.43. The van der Waals surface area contributed by atoms with Crippen LogP contribution >= 0.6 is 0 Å². The predicted molar refractivity (Wildman–Crippen MR) is 71.9 cm³/mol. The van der Waals surface area contributed by atoms with Crippen molar-refractivity contribution in [2.24, 2.45) is 0 Å². The Morgan fingerprint density at radius 1 is 1.37 bits per heavy atom. The molecule has 4 heteroatoms. The van der Waals surface area contributed by atoms with Crippen LogP contribution < -0.4 is 5.32 Å². The smallest absolute Gasteiger partial charge is 0.165 e. The fourth-order valence-electron chi connectivity index (χ4n) is 2.32. The molecule has 0 atom stereocenters. The van der Waals surface area contributed by atoms with Gasteiger partial charge in [-0.3, -0.25) is 4.79 Å². The Kier molecular flexibility index (Phi) is 5.05. The van der Waals surface area contributed by atoms with Gasteiger partial charge in [-0.25, -0.2) is 4.39 Å². The quantitative estimate of drug-likeness (QED) is 0.831. The molecule has 1 aliphatic heterocycles. The highest BCUT2D eigenvalue weighted by Gasteiger charge is 2.14. The Morgan fingerprint density at radius 3 is 2.79 bits per heavy atom. The molecule has 104 valence electrons. The lowest BCUT2D eigenvalue weighted by atomic mass is 10.1. The van der Waals surface area contributed by atoms with Gasteiger partial charge in [0.25, 0.3) is 0 Å². The third-order valence-corrected chi connectivity index (χ3v) is 3.33. The number of hydrogen-bond donors (Lipinski definition) is 1. The molecular formula is C15H20FNO2. The van der Waals surface area contributed by atoms with Gasteiger partial charge in [0, 0.05) is 12.0 Å². The van der Waals surface area contributed by atoms with Gasteiger partial charge < -0.3 is 10.1 Å². The number of ether oxygens (including phenoxy) is 1. The number of carbonyl (C=O) groups is 1. The van der Waals surface area contributed by atoms with E-state index in [2.05, 4.69) is 5.32 Å². The SMILES string of the molecule is Cc1cc(F)cc(C(=O)CCOC2CCNCC2)c1. The molecule has 1 aromatic rings. The number of aryl methyl sites for hydroxylation is 1. The van der Waals surface area contributed by atoms with Gasteiger partial charge in [-0.1, -0.05) is 0 Å². The van der Waals surface area contributed by atoms with Crippen LogP contribution in [0.1, 0.15) is 35.2 Å². The number of ketones is 1. The summed E-state index contributed by atoms with van der Waals surface area (Å²) in [5, 5.41) is 3.26. The molecule has 0 aliphatic carbocycles. The van der Waals surface area contributed by atoms with Crippen molar-refractivity contribution in [1.29, 1.82) is 0 Å². The molecule has 1 aliphatic rings. The van der Waals surface area contributed by atoms with Crippen LogP contribution in [0.5, 0.6) is 0 Å². The molecule has 2 rings (SSSR count). The largest absolute Gasteiger partial charge is 0.378 e. The molecule has 0 saturated carbocycles. The van der Waals surface area contributed by atoms with Crippen molar-refractivity contribution in [3.8, 4) is 0 Å². The van der Waals surface area contributed by atoms with Crippen molar-refractivity contribution < 1.29 is 13.9 Å². The highest BCUT2D eigenvalue weighted by atomic mass is 19.1. The van der Waals surface area contributed by atoms with E-state index in [9.17, 15) is 9.18 Å². The average molecular weight is 265 g/mol. The van der Waals surface area contributed by atoms with Gasteiger partial charge in [-0.2, -0.15) is 0 Å². The molecular weight excluding hydrogens is 245 g/mol. The minimum absolute atomic E-state index is 0.0588. The third kappa shape index (κ3) is 4.40. The molecule has 19 heavy (non-hydrogen) atoms. The number of nitrogens with one attached hydrogen (secondary N) is 1. The second-order valence-corrected chi connectivity index (χ2v) is 5.01. The zero-order valence-corrected chi connectivity index (χ0v) is 11.2. The first kappa shape index (κ1) is 14.2. The second-order valence-electron chi connectivity index (χ2n) is 5.01. The Balaban J connectivity index is 1.80. The number of carbonyl (C=O) groups excluding carboxylic acids is 1. The molecule has 1 aromatic carbocycles. The first-order valence-corrected chi connectivity index (χ1v) is 6.78. The zero-order chi connectivity index (χ0) is 13.7. The monoisotopic (exact) mass is 265 g/mol. The zero-order valence-electron chi connectivity index (χ0n) is 11.2. The van der Waals surface area contributed by atoms with Crippen LogP contribution in [0.15, 0.2) is 18.2 Å². The van der Waals surface area contributed by atoms with Gasteiger partial charge in [-0.05, 0) is 56.6 Å². The van der Waals surface area contributed by atoms with Gasteiger partial charge in [0.05, 0.1) is 12.7 Å². The van der Waals surface area contributed by atoms with E-state index in [4.69, 9.17) is 4.74 Å². The highest BCUT2D eigenvalue weighted by molar-refractivity contribution is 5.96. The van der Waals surface area contributed by atoms with Gasteiger partial charge in [-0.15, -0.1) is 0 Å². The molecule has 1 heterocycles. The Bertz CT molecular complexity index is 422. The first-order valence-electron chi connectivity index (χ1n) is 6.78. The Morgan fingerprint density at radius 2 is 2.11 bits per heavy atom. The van der Waals surface area contributed by atoms with Gasteiger partial charge in [0.1, 0.15) is 5.82 Å². The van der Waals surface area contributed by atoms with E-state index in [1.807, 2.05) is 0 Å². The van der Waals surface area contributed by atoms with E-state index >= 15 is 0 Å². The number of halogens is 1. The summed E-state index contributed by atoms with van der Waals surface area (Å²) in [7, 11) is 0. The van der Waals surface area contributed by atoms with E-state index in [1.165, 1.54) is 12.1 Å². The molecule has 0 aromatic heterocycles. The minimum atomic E-state index is -0.359. The number of rotatable bonds is 5. The summed E-state index contributed by atoms with van der Waals surface area (Å²) >= 11 is 0. The average Bonchev–Trinajstić information content (AvgIpc) is 2.38. The lowest BCUT2D eigenvalue weighted by Crippen LogP contribution is -2.32. The highest BCUT2D eigenvalue weighted by Crippen LogP contribution is 2.12. The van der Waals surface area contributed by atoms with Crippen LogP contribution in [0.2, 0.25) is 0 Å². The predicted octanol–water partition coefficient (Wildman–Crippen LogP) is 2.48. The number of hydrogen-bond acceptors (Lipinski definition) is 3. The molecule has 0 unspecified atom stereocenters. The van der Waals surface area contributed by atoms with Crippen molar-refractivity contribution in [3.63, 3.8) is 0 Å². The molecule has 0 bridgehead atoms. The molecule has 1 N–H and O–H groups in total. The molecule has 1 fully saturated rings. The van der Waals surface area contributed by atoms with Crippen LogP contribution in [0.4, 0.5) is 4.39 Å². The number of benzene rings is 1. The minimum Gasteiger partial charge on any atom is -0.378 e. The van der Waals surface area contributed by atoms with E-state index < -0.39 is 0 Å². The summed E-state index contributed by atoms with van der Waals surface area (Å²) in [6.07, 6.45) is 2.55. The third-order valence-electron chi connectivity index (χ3n) is 3.33. The van der Waals surface area contributed by atoms with E-state index in [-0.39, 0.29) is 17.7 Å². The maximum atomic E-state index is 13.2. The maximum Gasteiger partial charge on any atom is 0.165 e. The standard InChI is InChI=1S/C15H20FNO2/c1-11-8-12(10-13(16)9-11)15(18)4-7-19-14-2-5-17-6-3-14/h8-10,14,17H,2-7H2,1H3. The van der Waals surface area contributed by atoms with Crippen molar-refractivity contribution in [3.05, 3.63) is 35.1 Å². The van der Waals surface area contributed by atoms with Gasteiger partial charge in [0.15, 0.2) is 5.78 Å². The summed E-state index contributed by atoms with van der Waals surface area (Å²) in [6.45, 7) is 4.15. The van der Waals surface area contributed by atoms with E-state index in [0.717, 1.165) is 31.5 Å². The first-order chi connectivity index (χ1) is 9.15. The number of Topliss-reactive ketones (excluding diaryl/α,β-unsaturated/α-hetero) is 1. The van der Waals surface area contributed by atoms with Crippen molar-refractivity contribution in [2.75, 3.05) is 19.7 Å². The maximum absolute atomic E-state index is 13.2. The van der Waals surface area contributed by atoms with Crippen LogP contribution in [-0.2, 0) is 4.74 Å². The summed E-state index contributed by atoms with van der Waals surface area (Å²) in [4.78, 5) is 11.9. The van der Waals surface area contributed by atoms with E-state index in [1.54, 1.807) is 13.0 Å². The fourth-order valence-corrected chi connectivity index (χ4v) is 2.32.